The van der Waals surface area contributed by atoms with Crippen LogP contribution in [0.25, 0.3) is 0 Å². The van der Waals surface area contributed by atoms with Gasteiger partial charge in [-0.3, -0.25) is 0 Å². The number of hydrogen-bond donors (Lipinski definition) is 0. The van der Waals surface area contributed by atoms with Gasteiger partial charge in [0.1, 0.15) is 5.25 Å². The van der Waals surface area contributed by atoms with E-state index in [0.717, 1.165) is 57.8 Å². The summed E-state index contributed by atoms with van der Waals surface area (Å²) in [7, 11) is -3.48. The van der Waals surface area contributed by atoms with Gasteiger partial charge in [-0.05, 0) is 60.8 Å². The SMILES string of the molecule is CCCCCCCCC(C(OCC)(OCC)OCC)S(=O)(=O)CCCCCCCCCCCCC(OCC)(OCC)OCC. The summed E-state index contributed by atoms with van der Waals surface area (Å²) in [4.78, 5) is 0. The fourth-order valence-electron chi connectivity index (χ4n) is 5.90. The Morgan fingerprint density at radius 3 is 1.23 bits per heavy atom. The number of hydrogen-bond acceptors (Lipinski definition) is 8. The van der Waals surface area contributed by atoms with E-state index in [2.05, 4.69) is 6.92 Å². The fourth-order valence-corrected chi connectivity index (χ4v) is 7.96. The molecular formula is C35H72O8S. The number of rotatable bonds is 34. The molecule has 0 aliphatic carbocycles. The number of sulfone groups is 1. The first-order valence-corrected chi connectivity index (χ1v) is 20.0. The van der Waals surface area contributed by atoms with Crippen molar-refractivity contribution in [3.05, 3.63) is 0 Å². The predicted octanol–water partition coefficient (Wildman–Crippen LogP) is 9.34. The molecular weight excluding hydrogens is 580 g/mol. The molecule has 1 atom stereocenters. The molecule has 0 aliphatic rings. The van der Waals surface area contributed by atoms with Gasteiger partial charge in [0.05, 0.1) is 5.75 Å². The molecule has 0 bridgehead atoms. The zero-order chi connectivity index (χ0) is 33.0. The molecule has 0 heterocycles. The van der Waals surface area contributed by atoms with E-state index in [4.69, 9.17) is 28.4 Å². The monoisotopic (exact) mass is 652 g/mol. The molecule has 0 aromatic rings. The van der Waals surface area contributed by atoms with E-state index >= 15 is 0 Å². The maximum atomic E-state index is 13.7. The van der Waals surface area contributed by atoms with Crippen molar-refractivity contribution >= 4 is 9.84 Å². The first kappa shape index (κ1) is 43.7. The van der Waals surface area contributed by atoms with Gasteiger partial charge in [0, 0.05) is 46.1 Å². The lowest BCUT2D eigenvalue weighted by atomic mass is 10.1. The third kappa shape index (κ3) is 18.8. The Morgan fingerprint density at radius 1 is 0.455 bits per heavy atom. The molecule has 266 valence electrons. The summed E-state index contributed by atoms with van der Waals surface area (Å²) in [6.07, 6.45) is 18.6. The lowest BCUT2D eigenvalue weighted by Gasteiger charge is -2.38. The minimum Gasteiger partial charge on any atom is -0.328 e. The minimum absolute atomic E-state index is 0.148. The standard InChI is InChI=1S/C35H72O8S/c1-8-15-16-17-24-27-30-33(35(41-12-5,42-13-6)43-14-7)44(36,37)32-29-26-23-21-19-18-20-22-25-28-31-34(38-9-2,39-10-3)40-11-4/h33H,8-32H2,1-7H3. The van der Waals surface area contributed by atoms with E-state index < -0.39 is 27.0 Å². The van der Waals surface area contributed by atoms with Crippen LogP contribution in [0.4, 0.5) is 0 Å². The number of ether oxygens (including phenoxy) is 6. The second-order valence-corrected chi connectivity index (χ2v) is 13.9. The van der Waals surface area contributed by atoms with Gasteiger partial charge in [-0.15, -0.1) is 0 Å². The molecule has 44 heavy (non-hydrogen) atoms. The molecule has 0 saturated heterocycles. The average Bonchev–Trinajstić information content (AvgIpc) is 2.98. The van der Waals surface area contributed by atoms with Crippen molar-refractivity contribution < 1.29 is 36.8 Å². The number of unbranched alkanes of at least 4 members (excludes halogenated alkanes) is 14. The lowest BCUT2D eigenvalue weighted by molar-refractivity contribution is -0.380. The van der Waals surface area contributed by atoms with E-state index in [1.807, 2.05) is 41.5 Å². The first-order chi connectivity index (χ1) is 21.3. The molecule has 1 unspecified atom stereocenters. The molecule has 0 amide bonds. The summed E-state index contributed by atoms with van der Waals surface area (Å²) < 4.78 is 62.8. The second-order valence-electron chi connectivity index (χ2n) is 11.6. The molecule has 0 aromatic heterocycles. The van der Waals surface area contributed by atoms with E-state index in [0.29, 0.717) is 52.5 Å². The fraction of sp³-hybridized carbons (Fsp3) is 1.00. The summed E-state index contributed by atoms with van der Waals surface area (Å²) in [6, 6.07) is 0. The molecule has 0 rings (SSSR count). The van der Waals surface area contributed by atoms with E-state index in [-0.39, 0.29) is 5.75 Å². The van der Waals surface area contributed by atoms with Gasteiger partial charge >= 0.3 is 5.97 Å². The third-order valence-electron chi connectivity index (χ3n) is 7.94. The lowest BCUT2D eigenvalue weighted by Crippen LogP contribution is -2.54. The summed E-state index contributed by atoms with van der Waals surface area (Å²) in [5.74, 6) is -2.27. The molecule has 0 spiro atoms. The predicted molar refractivity (Wildman–Crippen MR) is 182 cm³/mol. The third-order valence-corrected chi connectivity index (χ3v) is 10.2. The van der Waals surface area contributed by atoms with Crippen molar-refractivity contribution in [2.75, 3.05) is 45.4 Å². The molecule has 0 N–H and O–H groups in total. The van der Waals surface area contributed by atoms with Crippen molar-refractivity contribution in [2.24, 2.45) is 0 Å². The Labute approximate surface area is 272 Å². The van der Waals surface area contributed by atoms with Crippen LogP contribution >= 0.6 is 0 Å². The Hall–Kier alpha value is -0.290. The molecule has 0 fully saturated rings. The Bertz CT molecular complexity index is 696. The van der Waals surface area contributed by atoms with E-state index in [1.54, 1.807) is 0 Å². The smallest absolute Gasteiger partial charge is 0.300 e. The van der Waals surface area contributed by atoms with Crippen LogP contribution in [-0.2, 0) is 38.3 Å². The van der Waals surface area contributed by atoms with Crippen molar-refractivity contribution in [3.63, 3.8) is 0 Å². The highest BCUT2D eigenvalue weighted by Crippen LogP contribution is 2.32. The summed E-state index contributed by atoms with van der Waals surface area (Å²) in [6.45, 7) is 16.4. The summed E-state index contributed by atoms with van der Waals surface area (Å²) >= 11 is 0. The first-order valence-electron chi connectivity index (χ1n) is 18.3. The average molecular weight is 653 g/mol. The summed E-state index contributed by atoms with van der Waals surface area (Å²) in [5.41, 5.74) is 0. The van der Waals surface area contributed by atoms with Crippen LogP contribution in [0.15, 0.2) is 0 Å². The Balaban J connectivity index is 4.63. The van der Waals surface area contributed by atoms with Crippen molar-refractivity contribution in [1.29, 1.82) is 0 Å². The Kier molecular flexibility index (Phi) is 27.6. The van der Waals surface area contributed by atoms with Crippen LogP contribution in [0.5, 0.6) is 0 Å². The largest absolute Gasteiger partial charge is 0.328 e. The van der Waals surface area contributed by atoms with Crippen LogP contribution in [0.1, 0.15) is 164 Å². The summed E-state index contributed by atoms with van der Waals surface area (Å²) in [5, 5.41) is -0.818. The van der Waals surface area contributed by atoms with Crippen LogP contribution in [0.2, 0.25) is 0 Å². The van der Waals surface area contributed by atoms with Gasteiger partial charge in [0.25, 0.3) is 5.97 Å². The van der Waals surface area contributed by atoms with Gasteiger partial charge in [-0.25, -0.2) is 8.42 Å². The highest BCUT2D eigenvalue weighted by atomic mass is 32.2. The van der Waals surface area contributed by atoms with E-state index in [1.165, 1.54) is 44.9 Å². The minimum atomic E-state index is -3.48. The van der Waals surface area contributed by atoms with Crippen LogP contribution in [0, 0.1) is 0 Å². The van der Waals surface area contributed by atoms with Gasteiger partial charge in [-0.2, -0.15) is 0 Å². The van der Waals surface area contributed by atoms with Crippen LogP contribution in [-0.4, -0.2) is 71.0 Å². The van der Waals surface area contributed by atoms with Gasteiger partial charge in [-0.1, -0.05) is 96.8 Å². The molecule has 0 saturated carbocycles. The quantitative estimate of drug-likeness (QED) is 0.0502. The zero-order valence-electron chi connectivity index (χ0n) is 29.9. The Morgan fingerprint density at radius 2 is 0.818 bits per heavy atom. The molecule has 0 aliphatic heterocycles. The van der Waals surface area contributed by atoms with Crippen LogP contribution < -0.4 is 0 Å². The highest BCUT2D eigenvalue weighted by Gasteiger charge is 2.49. The van der Waals surface area contributed by atoms with Gasteiger partial charge in [0.15, 0.2) is 9.84 Å². The van der Waals surface area contributed by atoms with Gasteiger partial charge < -0.3 is 28.4 Å². The van der Waals surface area contributed by atoms with Crippen molar-refractivity contribution in [3.8, 4) is 0 Å². The van der Waals surface area contributed by atoms with Crippen molar-refractivity contribution in [1.82, 2.24) is 0 Å². The molecule has 0 radical (unpaired) electrons. The topological polar surface area (TPSA) is 89.5 Å². The molecule has 9 heteroatoms. The van der Waals surface area contributed by atoms with Gasteiger partial charge in [0.2, 0.25) is 0 Å². The van der Waals surface area contributed by atoms with E-state index in [9.17, 15) is 8.42 Å². The maximum absolute atomic E-state index is 13.7. The van der Waals surface area contributed by atoms with Crippen molar-refractivity contribution in [2.45, 2.75) is 181 Å². The molecule has 8 nitrogen and oxygen atoms in total. The highest BCUT2D eigenvalue weighted by molar-refractivity contribution is 7.92. The normalized spacial score (nSPS) is 13.5. The molecule has 0 aromatic carbocycles. The van der Waals surface area contributed by atoms with Crippen LogP contribution in [0.3, 0.4) is 0 Å². The maximum Gasteiger partial charge on any atom is 0.300 e. The second kappa shape index (κ2) is 27.8. The zero-order valence-corrected chi connectivity index (χ0v) is 30.7.